The van der Waals surface area contributed by atoms with Crippen molar-refractivity contribution >= 4 is 17.3 Å². The van der Waals surface area contributed by atoms with E-state index in [-0.39, 0.29) is 5.56 Å². The van der Waals surface area contributed by atoms with Crippen molar-refractivity contribution in [1.82, 2.24) is 0 Å². The maximum absolute atomic E-state index is 13.6. The van der Waals surface area contributed by atoms with E-state index in [4.69, 9.17) is 4.42 Å². The predicted molar refractivity (Wildman–Crippen MR) is 86.8 cm³/mol. The van der Waals surface area contributed by atoms with Crippen LogP contribution in [0.4, 0.5) is 15.8 Å². The Balaban J connectivity index is 1.61. The number of carbonyl (C=O) groups excluding carboxylic acids is 1. The molecule has 1 aromatic heterocycles. The minimum absolute atomic E-state index is 0.0209. The number of hydrogen-bond donors (Lipinski definition) is 2. The quantitative estimate of drug-likeness (QED) is 0.739. The van der Waals surface area contributed by atoms with E-state index in [0.29, 0.717) is 12.2 Å². The lowest BCUT2D eigenvalue weighted by Crippen LogP contribution is -2.13. The molecule has 0 unspecified atom stereocenters. The van der Waals surface area contributed by atoms with Gasteiger partial charge in [0.1, 0.15) is 11.6 Å². The fraction of sp³-hybridized carbons (Fsp3) is 0.0556. The van der Waals surface area contributed by atoms with Crippen molar-refractivity contribution in [2.75, 3.05) is 10.6 Å². The highest BCUT2D eigenvalue weighted by atomic mass is 19.1. The van der Waals surface area contributed by atoms with Gasteiger partial charge in [-0.25, -0.2) is 4.39 Å². The van der Waals surface area contributed by atoms with E-state index in [0.717, 1.165) is 11.4 Å². The highest BCUT2D eigenvalue weighted by Gasteiger charge is 2.10. The molecular formula is C18H15FN2O2. The molecule has 0 spiro atoms. The summed E-state index contributed by atoms with van der Waals surface area (Å²) in [5.74, 6) is -0.178. The maximum atomic E-state index is 13.6. The van der Waals surface area contributed by atoms with Gasteiger partial charge >= 0.3 is 0 Å². The third-order valence-corrected chi connectivity index (χ3v) is 3.31. The first-order chi connectivity index (χ1) is 11.2. The van der Waals surface area contributed by atoms with Gasteiger partial charge in [0.15, 0.2) is 0 Å². The second kappa shape index (κ2) is 6.79. The van der Waals surface area contributed by atoms with E-state index in [2.05, 4.69) is 10.6 Å². The molecule has 4 nitrogen and oxygen atoms in total. The van der Waals surface area contributed by atoms with Crippen molar-refractivity contribution in [3.05, 3.63) is 84.1 Å². The summed E-state index contributed by atoms with van der Waals surface area (Å²) in [7, 11) is 0. The Morgan fingerprint density at radius 3 is 2.39 bits per heavy atom. The summed E-state index contributed by atoms with van der Waals surface area (Å²) in [5, 5.41) is 5.87. The number of rotatable bonds is 5. The largest absolute Gasteiger partial charge is 0.467 e. The number of halogens is 1. The summed E-state index contributed by atoms with van der Waals surface area (Å²) >= 11 is 0. The zero-order valence-electron chi connectivity index (χ0n) is 12.3. The Labute approximate surface area is 132 Å². The normalized spacial score (nSPS) is 10.3. The summed E-state index contributed by atoms with van der Waals surface area (Å²) in [6.07, 6.45) is 1.62. The summed E-state index contributed by atoms with van der Waals surface area (Å²) in [4.78, 5) is 12.0. The molecule has 3 aromatic rings. The molecule has 2 aromatic carbocycles. The molecule has 23 heavy (non-hydrogen) atoms. The van der Waals surface area contributed by atoms with Crippen molar-refractivity contribution in [2.24, 2.45) is 0 Å². The van der Waals surface area contributed by atoms with E-state index in [1.165, 1.54) is 12.1 Å². The van der Waals surface area contributed by atoms with Gasteiger partial charge in [-0.2, -0.15) is 0 Å². The maximum Gasteiger partial charge on any atom is 0.258 e. The Bertz CT molecular complexity index is 783. The fourth-order valence-electron chi connectivity index (χ4n) is 2.12. The van der Waals surface area contributed by atoms with Crippen LogP contribution in [0.1, 0.15) is 16.1 Å². The molecule has 0 fully saturated rings. The van der Waals surface area contributed by atoms with Gasteiger partial charge in [0.05, 0.1) is 18.4 Å². The second-order valence-corrected chi connectivity index (χ2v) is 4.94. The Morgan fingerprint density at radius 2 is 1.70 bits per heavy atom. The second-order valence-electron chi connectivity index (χ2n) is 4.94. The fourth-order valence-corrected chi connectivity index (χ4v) is 2.12. The van der Waals surface area contributed by atoms with Gasteiger partial charge in [-0.1, -0.05) is 12.1 Å². The predicted octanol–water partition coefficient (Wildman–Crippen LogP) is 4.28. The first-order valence-corrected chi connectivity index (χ1v) is 7.14. The van der Waals surface area contributed by atoms with E-state index in [1.54, 1.807) is 30.5 Å². The van der Waals surface area contributed by atoms with Gasteiger partial charge in [-0.05, 0) is 48.5 Å². The molecular weight excluding hydrogens is 295 g/mol. The lowest BCUT2D eigenvalue weighted by atomic mass is 10.2. The molecule has 0 atom stereocenters. The molecule has 0 aliphatic heterocycles. The molecule has 116 valence electrons. The molecule has 0 aliphatic rings. The highest BCUT2D eigenvalue weighted by Crippen LogP contribution is 2.16. The van der Waals surface area contributed by atoms with E-state index in [1.807, 2.05) is 24.3 Å². The third kappa shape index (κ3) is 3.77. The van der Waals surface area contributed by atoms with Gasteiger partial charge in [0.2, 0.25) is 0 Å². The Kier molecular flexibility index (Phi) is 4.38. The van der Waals surface area contributed by atoms with Crippen molar-refractivity contribution in [2.45, 2.75) is 6.54 Å². The molecule has 1 amide bonds. The molecule has 0 bridgehead atoms. The van der Waals surface area contributed by atoms with Crippen molar-refractivity contribution in [1.29, 1.82) is 0 Å². The number of amides is 1. The number of carbonyl (C=O) groups is 1. The summed E-state index contributed by atoms with van der Waals surface area (Å²) in [6, 6.07) is 16.8. The van der Waals surface area contributed by atoms with Crippen LogP contribution in [0.5, 0.6) is 0 Å². The average molecular weight is 310 g/mol. The van der Waals surface area contributed by atoms with E-state index >= 15 is 0 Å². The monoisotopic (exact) mass is 310 g/mol. The van der Waals surface area contributed by atoms with Crippen LogP contribution in [-0.2, 0) is 6.54 Å². The van der Waals surface area contributed by atoms with Crippen LogP contribution >= 0.6 is 0 Å². The molecule has 5 heteroatoms. The number of furan rings is 1. The molecule has 1 heterocycles. The summed E-state index contributed by atoms with van der Waals surface area (Å²) in [6.45, 7) is 0.577. The lowest BCUT2D eigenvalue weighted by Gasteiger charge is -2.08. The van der Waals surface area contributed by atoms with Gasteiger partial charge in [0.25, 0.3) is 5.91 Å². The van der Waals surface area contributed by atoms with Crippen LogP contribution in [0, 0.1) is 5.82 Å². The molecule has 0 saturated heterocycles. The Hall–Kier alpha value is -3.08. The van der Waals surface area contributed by atoms with Gasteiger partial charge in [-0.15, -0.1) is 0 Å². The molecule has 0 saturated carbocycles. The smallest absolute Gasteiger partial charge is 0.258 e. The zero-order chi connectivity index (χ0) is 16.1. The highest BCUT2D eigenvalue weighted by molar-refractivity contribution is 6.04. The van der Waals surface area contributed by atoms with E-state index in [9.17, 15) is 9.18 Å². The lowest BCUT2D eigenvalue weighted by molar-refractivity contribution is 0.102. The standard InChI is InChI=1S/C18H15FN2O2/c19-17-6-2-1-5-16(17)18(22)21-14-9-7-13(8-10-14)20-12-15-4-3-11-23-15/h1-11,20H,12H2,(H,21,22). The topological polar surface area (TPSA) is 54.3 Å². The molecule has 0 radical (unpaired) electrons. The number of hydrogen-bond acceptors (Lipinski definition) is 3. The summed E-state index contributed by atoms with van der Waals surface area (Å²) in [5.41, 5.74) is 1.51. The number of nitrogens with one attached hydrogen (secondary N) is 2. The Morgan fingerprint density at radius 1 is 0.957 bits per heavy atom. The van der Waals surface area contributed by atoms with Crippen LogP contribution in [-0.4, -0.2) is 5.91 Å². The van der Waals surface area contributed by atoms with Crippen molar-refractivity contribution in [3.8, 4) is 0 Å². The zero-order valence-corrected chi connectivity index (χ0v) is 12.3. The van der Waals surface area contributed by atoms with Crippen LogP contribution in [0.25, 0.3) is 0 Å². The van der Waals surface area contributed by atoms with E-state index < -0.39 is 11.7 Å². The average Bonchev–Trinajstić information content (AvgIpc) is 3.08. The van der Waals surface area contributed by atoms with Crippen molar-refractivity contribution in [3.63, 3.8) is 0 Å². The van der Waals surface area contributed by atoms with Crippen LogP contribution in [0.2, 0.25) is 0 Å². The molecule has 0 aliphatic carbocycles. The number of anilines is 2. The first-order valence-electron chi connectivity index (χ1n) is 7.14. The van der Waals surface area contributed by atoms with Gasteiger partial charge in [0, 0.05) is 11.4 Å². The molecule has 3 rings (SSSR count). The van der Waals surface area contributed by atoms with Gasteiger partial charge in [-0.3, -0.25) is 4.79 Å². The van der Waals surface area contributed by atoms with Crippen molar-refractivity contribution < 1.29 is 13.6 Å². The summed E-state index contributed by atoms with van der Waals surface area (Å²) < 4.78 is 18.8. The molecule has 2 N–H and O–H groups in total. The van der Waals surface area contributed by atoms with Crippen LogP contribution in [0.3, 0.4) is 0 Å². The van der Waals surface area contributed by atoms with Crippen LogP contribution in [0.15, 0.2) is 71.3 Å². The number of benzene rings is 2. The first kappa shape index (κ1) is 14.8. The SMILES string of the molecule is O=C(Nc1ccc(NCc2ccco2)cc1)c1ccccc1F. The third-order valence-electron chi connectivity index (χ3n) is 3.31. The minimum Gasteiger partial charge on any atom is -0.467 e. The van der Waals surface area contributed by atoms with Gasteiger partial charge < -0.3 is 15.1 Å². The van der Waals surface area contributed by atoms with Crippen LogP contribution < -0.4 is 10.6 Å². The minimum atomic E-state index is -0.540.